The van der Waals surface area contributed by atoms with Gasteiger partial charge in [0, 0.05) is 19.9 Å². The van der Waals surface area contributed by atoms with Gasteiger partial charge in [-0.2, -0.15) is 0 Å². The lowest BCUT2D eigenvalue weighted by atomic mass is 9.98. The third-order valence-corrected chi connectivity index (χ3v) is 3.46. The van der Waals surface area contributed by atoms with Crippen LogP contribution in [0.25, 0.3) is 0 Å². The summed E-state index contributed by atoms with van der Waals surface area (Å²) in [5, 5.41) is 3.45. The van der Waals surface area contributed by atoms with Gasteiger partial charge in [-0.1, -0.05) is 20.8 Å². The van der Waals surface area contributed by atoms with Crippen molar-refractivity contribution >= 4 is 5.95 Å². The fraction of sp³-hybridized carbons (Fsp3) is 0.786. The van der Waals surface area contributed by atoms with Gasteiger partial charge in [0.1, 0.15) is 0 Å². The maximum Gasteiger partial charge on any atom is 0.203 e. The van der Waals surface area contributed by atoms with Crippen molar-refractivity contribution in [3.05, 3.63) is 11.9 Å². The molecule has 1 aromatic rings. The molecule has 4 heteroatoms. The Morgan fingerprint density at radius 2 is 2.00 bits per heavy atom. The predicted octanol–water partition coefficient (Wildman–Crippen LogP) is 3.10. The summed E-state index contributed by atoms with van der Waals surface area (Å²) in [5.41, 5.74) is 1.04. The third-order valence-electron chi connectivity index (χ3n) is 3.46. The van der Waals surface area contributed by atoms with Crippen molar-refractivity contribution in [1.82, 2.24) is 9.55 Å². The predicted molar refractivity (Wildman–Crippen MR) is 76.0 cm³/mol. The molecule has 1 heterocycles. The van der Waals surface area contributed by atoms with E-state index in [0.29, 0.717) is 24.5 Å². The van der Waals surface area contributed by atoms with Crippen molar-refractivity contribution < 1.29 is 4.74 Å². The molecule has 1 rings (SSSR count). The average Bonchev–Trinajstić information content (AvgIpc) is 2.67. The number of nitrogens with zero attached hydrogens (tertiary/aromatic N) is 2. The first-order valence-electron chi connectivity index (χ1n) is 6.74. The molecule has 18 heavy (non-hydrogen) atoms. The van der Waals surface area contributed by atoms with Gasteiger partial charge in [0.25, 0.3) is 0 Å². The first kappa shape index (κ1) is 15.0. The molecule has 2 atom stereocenters. The minimum Gasteiger partial charge on any atom is -0.383 e. The average molecular weight is 253 g/mol. The Morgan fingerprint density at radius 1 is 1.33 bits per heavy atom. The summed E-state index contributed by atoms with van der Waals surface area (Å²) in [4.78, 5) is 4.54. The molecule has 0 saturated carbocycles. The van der Waals surface area contributed by atoms with Crippen molar-refractivity contribution in [2.75, 3.05) is 25.6 Å². The minimum absolute atomic E-state index is 0.299. The molecule has 0 amide bonds. The second kappa shape index (κ2) is 6.78. The van der Waals surface area contributed by atoms with Gasteiger partial charge in [0.2, 0.25) is 5.95 Å². The van der Waals surface area contributed by atoms with E-state index in [1.54, 1.807) is 7.11 Å². The van der Waals surface area contributed by atoms with E-state index >= 15 is 0 Å². The van der Waals surface area contributed by atoms with Gasteiger partial charge in [0.05, 0.1) is 18.3 Å². The molecular weight excluding hydrogens is 226 g/mol. The van der Waals surface area contributed by atoms with Gasteiger partial charge in [-0.05, 0) is 25.7 Å². The SMILES string of the molecule is COCC(C)n1cc(C)nc1NCC(C)C(C)C. The number of methoxy groups -OCH3 is 1. The lowest BCUT2D eigenvalue weighted by Gasteiger charge is -2.19. The molecule has 0 radical (unpaired) electrons. The van der Waals surface area contributed by atoms with E-state index in [0.717, 1.165) is 18.2 Å². The number of hydrogen-bond donors (Lipinski definition) is 1. The third kappa shape index (κ3) is 4.02. The molecule has 0 aromatic carbocycles. The van der Waals surface area contributed by atoms with Crippen LogP contribution < -0.4 is 5.32 Å². The maximum absolute atomic E-state index is 5.21. The number of rotatable bonds is 7. The van der Waals surface area contributed by atoms with E-state index in [-0.39, 0.29) is 0 Å². The smallest absolute Gasteiger partial charge is 0.203 e. The molecule has 0 saturated heterocycles. The molecule has 2 unspecified atom stereocenters. The van der Waals surface area contributed by atoms with Crippen LogP contribution in [0.2, 0.25) is 0 Å². The maximum atomic E-state index is 5.21. The highest BCUT2D eigenvalue weighted by Crippen LogP contribution is 2.17. The van der Waals surface area contributed by atoms with Crippen LogP contribution in [0.3, 0.4) is 0 Å². The number of imidazole rings is 1. The Balaban J connectivity index is 2.70. The molecule has 104 valence electrons. The van der Waals surface area contributed by atoms with Crippen LogP contribution in [-0.4, -0.2) is 29.8 Å². The van der Waals surface area contributed by atoms with Crippen molar-refractivity contribution in [3.8, 4) is 0 Å². The first-order valence-corrected chi connectivity index (χ1v) is 6.74. The molecule has 0 aliphatic rings. The van der Waals surface area contributed by atoms with E-state index in [4.69, 9.17) is 4.74 Å². The summed E-state index contributed by atoms with van der Waals surface area (Å²) >= 11 is 0. The summed E-state index contributed by atoms with van der Waals surface area (Å²) in [7, 11) is 1.73. The summed E-state index contributed by atoms with van der Waals surface area (Å²) in [5.74, 6) is 2.26. The van der Waals surface area contributed by atoms with Crippen LogP contribution in [0.4, 0.5) is 5.95 Å². The Bertz CT molecular complexity index is 360. The quantitative estimate of drug-likeness (QED) is 0.811. The second-order valence-corrected chi connectivity index (χ2v) is 5.52. The number of nitrogens with one attached hydrogen (secondary N) is 1. The van der Waals surface area contributed by atoms with E-state index in [1.807, 2.05) is 6.92 Å². The molecule has 0 aliphatic heterocycles. The van der Waals surface area contributed by atoms with Gasteiger partial charge < -0.3 is 14.6 Å². The summed E-state index contributed by atoms with van der Waals surface area (Å²) in [6, 6.07) is 0.299. The molecule has 0 bridgehead atoms. The number of ether oxygens (including phenoxy) is 1. The molecule has 1 aromatic heterocycles. The molecule has 0 spiro atoms. The normalized spacial score (nSPS) is 14.8. The molecule has 1 N–H and O–H groups in total. The fourth-order valence-corrected chi connectivity index (χ4v) is 1.79. The van der Waals surface area contributed by atoms with Gasteiger partial charge in [0.15, 0.2) is 0 Å². The number of aryl methyl sites for hydroxylation is 1. The lowest BCUT2D eigenvalue weighted by molar-refractivity contribution is 0.163. The van der Waals surface area contributed by atoms with Gasteiger partial charge in [-0.15, -0.1) is 0 Å². The number of hydrogen-bond acceptors (Lipinski definition) is 3. The van der Waals surface area contributed by atoms with E-state index in [9.17, 15) is 0 Å². The van der Waals surface area contributed by atoms with Crippen molar-refractivity contribution in [1.29, 1.82) is 0 Å². The van der Waals surface area contributed by atoms with Gasteiger partial charge >= 0.3 is 0 Å². The number of aromatic nitrogens is 2. The van der Waals surface area contributed by atoms with Crippen LogP contribution in [0.1, 0.15) is 39.4 Å². The molecular formula is C14H27N3O. The fourth-order valence-electron chi connectivity index (χ4n) is 1.79. The monoisotopic (exact) mass is 253 g/mol. The molecule has 0 fully saturated rings. The van der Waals surface area contributed by atoms with Gasteiger partial charge in [-0.3, -0.25) is 0 Å². The summed E-state index contributed by atoms with van der Waals surface area (Å²) in [6.45, 7) is 12.6. The Morgan fingerprint density at radius 3 is 2.56 bits per heavy atom. The van der Waals surface area contributed by atoms with Crippen LogP contribution in [-0.2, 0) is 4.74 Å². The van der Waals surface area contributed by atoms with Crippen molar-refractivity contribution in [3.63, 3.8) is 0 Å². The van der Waals surface area contributed by atoms with Crippen LogP contribution in [0.15, 0.2) is 6.20 Å². The second-order valence-electron chi connectivity index (χ2n) is 5.52. The topological polar surface area (TPSA) is 39.1 Å². The first-order chi connectivity index (χ1) is 8.45. The largest absolute Gasteiger partial charge is 0.383 e. The van der Waals surface area contributed by atoms with E-state index < -0.39 is 0 Å². The van der Waals surface area contributed by atoms with Crippen LogP contribution in [0, 0.1) is 18.8 Å². The van der Waals surface area contributed by atoms with E-state index in [1.165, 1.54) is 0 Å². The summed E-state index contributed by atoms with van der Waals surface area (Å²) in [6.07, 6.45) is 2.08. The van der Waals surface area contributed by atoms with E-state index in [2.05, 4.69) is 48.8 Å². The highest BCUT2D eigenvalue weighted by Gasteiger charge is 2.13. The Hall–Kier alpha value is -1.03. The molecule has 4 nitrogen and oxygen atoms in total. The lowest BCUT2D eigenvalue weighted by Crippen LogP contribution is -2.20. The van der Waals surface area contributed by atoms with Crippen LogP contribution in [0.5, 0.6) is 0 Å². The van der Waals surface area contributed by atoms with Crippen molar-refractivity contribution in [2.24, 2.45) is 11.8 Å². The molecule has 0 aliphatic carbocycles. The number of anilines is 1. The zero-order valence-corrected chi connectivity index (χ0v) is 12.5. The zero-order valence-electron chi connectivity index (χ0n) is 12.5. The summed E-state index contributed by atoms with van der Waals surface area (Å²) < 4.78 is 7.37. The van der Waals surface area contributed by atoms with Gasteiger partial charge in [-0.25, -0.2) is 4.98 Å². The van der Waals surface area contributed by atoms with Crippen LogP contribution >= 0.6 is 0 Å². The Kier molecular flexibility index (Phi) is 5.66. The highest BCUT2D eigenvalue weighted by molar-refractivity contribution is 5.29. The van der Waals surface area contributed by atoms with Crippen molar-refractivity contribution in [2.45, 2.75) is 40.7 Å². The minimum atomic E-state index is 0.299. The highest BCUT2D eigenvalue weighted by atomic mass is 16.5. The standard InChI is InChI=1S/C14H27N3O/c1-10(2)11(3)7-15-14-16-12(4)8-17(14)13(5)9-18-6/h8,10-11,13H,7,9H2,1-6H3,(H,15,16). The Labute approximate surface area is 111 Å². The zero-order chi connectivity index (χ0) is 13.7.